The second-order valence-corrected chi connectivity index (χ2v) is 4.41. The summed E-state index contributed by atoms with van der Waals surface area (Å²) in [4.78, 5) is 0. The Bertz CT molecular complexity index is 217. The topological polar surface area (TPSA) is 12.5 Å². The van der Waals surface area contributed by atoms with Crippen molar-refractivity contribution < 1.29 is 4.74 Å². The Morgan fingerprint density at radius 2 is 2.29 bits per heavy atom. The molecule has 1 heterocycles. The zero-order valence-corrected chi connectivity index (χ0v) is 9.62. The Morgan fingerprint density at radius 3 is 2.86 bits per heavy atom. The van der Waals surface area contributed by atoms with Gasteiger partial charge in [0.2, 0.25) is 0 Å². The summed E-state index contributed by atoms with van der Waals surface area (Å²) in [7, 11) is 0. The van der Waals surface area contributed by atoms with Gasteiger partial charge in [-0.1, -0.05) is 38.0 Å². The minimum atomic E-state index is 0.392. The van der Waals surface area contributed by atoms with Crippen LogP contribution in [0.3, 0.4) is 0 Å². The van der Waals surface area contributed by atoms with E-state index in [0.717, 1.165) is 12.8 Å². The fourth-order valence-corrected chi connectivity index (χ4v) is 1.38. The molecule has 0 amide bonds. The van der Waals surface area contributed by atoms with E-state index in [9.17, 15) is 0 Å². The van der Waals surface area contributed by atoms with Crippen molar-refractivity contribution in [2.24, 2.45) is 5.92 Å². The number of hydrogen-bond donors (Lipinski definition) is 0. The maximum Gasteiger partial charge on any atom is 0.102 e. The Kier molecular flexibility index (Phi) is 4.40. The van der Waals surface area contributed by atoms with Crippen LogP contribution in [0.15, 0.2) is 24.3 Å². The maximum atomic E-state index is 5.53. The van der Waals surface area contributed by atoms with E-state index in [1.165, 1.54) is 12.0 Å². The third kappa shape index (κ3) is 4.10. The molecule has 1 rings (SSSR count). The molecule has 0 radical (unpaired) electrons. The molecule has 1 aliphatic heterocycles. The van der Waals surface area contributed by atoms with E-state index in [1.807, 2.05) is 0 Å². The summed E-state index contributed by atoms with van der Waals surface area (Å²) in [6.07, 6.45) is 8.78. The van der Waals surface area contributed by atoms with Crippen molar-refractivity contribution in [1.82, 2.24) is 0 Å². The highest BCUT2D eigenvalue weighted by molar-refractivity contribution is 5.05. The first-order chi connectivity index (χ1) is 6.63. The van der Waals surface area contributed by atoms with Crippen LogP contribution in [0.5, 0.6) is 0 Å². The predicted molar refractivity (Wildman–Crippen MR) is 61.3 cm³/mol. The van der Waals surface area contributed by atoms with Crippen LogP contribution >= 0.6 is 0 Å². The summed E-state index contributed by atoms with van der Waals surface area (Å²) < 4.78 is 5.53. The second kappa shape index (κ2) is 5.35. The van der Waals surface area contributed by atoms with Gasteiger partial charge in [0.25, 0.3) is 0 Å². The minimum Gasteiger partial charge on any atom is -0.365 e. The van der Waals surface area contributed by atoms with E-state index in [1.54, 1.807) is 0 Å². The van der Waals surface area contributed by atoms with Crippen LogP contribution in [-0.4, -0.2) is 12.2 Å². The van der Waals surface area contributed by atoms with Gasteiger partial charge in [0, 0.05) is 0 Å². The summed E-state index contributed by atoms with van der Waals surface area (Å²) >= 11 is 0. The molecule has 1 nitrogen and oxygen atoms in total. The van der Waals surface area contributed by atoms with Gasteiger partial charge in [-0.3, -0.25) is 0 Å². The average molecular weight is 194 g/mol. The standard InChI is InChI=1S/C13H22O/c1-5-11(4)7-9-13-12(14-13)8-6-10(2)3/h7,9,11-13H,2,5-6,8H2,1,3-4H3/b9-7-. The van der Waals surface area contributed by atoms with Gasteiger partial charge in [-0.15, -0.1) is 6.58 Å². The maximum absolute atomic E-state index is 5.53. The molecule has 1 aliphatic rings. The summed E-state index contributed by atoms with van der Waals surface area (Å²) in [6, 6.07) is 0. The van der Waals surface area contributed by atoms with E-state index in [4.69, 9.17) is 4.74 Å². The number of ether oxygens (including phenoxy) is 1. The summed E-state index contributed by atoms with van der Waals surface area (Å²) in [5.74, 6) is 0.681. The lowest BCUT2D eigenvalue weighted by atomic mass is 10.1. The first kappa shape index (κ1) is 11.5. The Hall–Kier alpha value is -0.560. The molecule has 14 heavy (non-hydrogen) atoms. The number of hydrogen-bond acceptors (Lipinski definition) is 1. The van der Waals surface area contributed by atoms with Gasteiger partial charge in [-0.2, -0.15) is 0 Å². The van der Waals surface area contributed by atoms with Crippen molar-refractivity contribution >= 4 is 0 Å². The third-order valence-corrected chi connectivity index (χ3v) is 2.75. The fourth-order valence-electron chi connectivity index (χ4n) is 1.38. The molecule has 0 bridgehead atoms. The van der Waals surface area contributed by atoms with Gasteiger partial charge >= 0.3 is 0 Å². The molecule has 0 aromatic carbocycles. The van der Waals surface area contributed by atoms with Gasteiger partial charge < -0.3 is 4.74 Å². The van der Waals surface area contributed by atoms with Crippen LogP contribution in [0.1, 0.15) is 40.0 Å². The predicted octanol–water partition coefficient (Wildman–Crippen LogP) is 3.71. The largest absolute Gasteiger partial charge is 0.365 e. The lowest BCUT2D eigenvalue weighted by Crippen LogP contribution is -1.92. The molecule has 0 aromatic rings. The third-order valence-electron chi connectivity index (χ3n) is 2.75. The Labute approximate surface area is 87.8 Å². The molecule has 1 fully saturated rings. The highest BCUT2D eigenvalue weighted by atomic mass is 16.6. The van der Waals surface area contributed by atoms with E-state index in [-0.39, 0.29) is 0 Å². The van der Waals surface area contributed by atoms with Crippen molar-refractivity contribution in [3.05, 3.63) is 24.3 Å². The molecular weight excluding hydrogens is 172 g/mol. The second-order valence-electron chi connectivity index (χ2n) is 4.41. The van der Waals surface area contributed by atoms with E-state index in [0.29, 0.717) is 18.1 Å². The highest BCUT2D eigenvalue weighted by Crippen LogP contribution is 2.29. The molecule has 0 aliphatic carbocycles. The van der Waals surface area contributed by atoms with Crippen LogP contribution in [-0.2, 0) is 4.74 Å². The van der Waals surface area contributed by atoms with Gasteiger partial charge in [0.05, 0.1) is 6.10 Å². The van der Waals surface area contributed by atoms with Crippen LogP contribution < -0.4 is 0 Å². The van der Waals surface area contributed by atoms with Gasteiger partial charge in [0.1, 0.15) is 6.10 Å². The highest BCUT2D eigenvalue weighted by Gasteiger charge is 2.35. The number of epoxide rings is 1. The molecule has 0 N–H and O–H groups in total. The van der Waals surface area contributed by atoms with Crippen molar-refractivity contribution in [2.45, 2.75) is 52.2 Å². The normalized spacial score (nSPS) is 27.9. The van der Waals surface area contributed by atoms with Crippen LogP contribution in [0.2, 0.25) is 0 Å². The monoisotopic (exact) mass is 194 g/mol. The zero-order valence-electron chi connectivity index (χ0n) is 9.62. The van der Waals surface area contributed by atoms with E-state index < -0.39 is 0 Å². The molecule has 0 saturated carbocycles. The molecular formula is C13H22O. The molecule has 80 valence electrons. The lowest BCUT2D eigenvalue weighted by molar-refractivity contribution is 0.379. The molecule has 0 aromatic heterocycles. The van der Waals surface area contributed by atoms with Crippen molar-refractivity contribution in [2.75, 3.05) is 0 Å². The fraction of sp³-hybridized carbons (Fsp3) is 0.692. The molecule has 3 unspecified atom stereocenters. The van der Waals surface area contributed by atoms with Crippen molar-refractivity contribution in [3.8, 4) is 0 Å². The average Bonchev–Trinajstić information content (AvgIpc) is 2.89. The van der Waals surface area contributed by atoms with Gasteiger partial charge in [0.15, 0.2) is 0 Å². The SMILES string of the molecule is C=C(C)CCC1OC1/C=C\C(C)CC. The number of allylic oxidation sites excluding steroid dienone is 2. The van der Waals surface area contributed by atoms with Crippen LogP contribution in [0.4, 0.5) is 0 Å². The smallest absolute Gasteiger partial charge is 0.102 e. The van der Waals surface area contributed by atoms with E-state index >= 15 is 0 Å². The van der Waals surface area contributed by atoms with E-state index in [2.05, 4.69) is 39.5 Å². The Balaban J connectivity index is 2.13. The summed E-state index contributed by atoms with van der Waals surface area (Å²) in [6.45, 7) is 10.4. The van der Waals surface area contributed by atoms with Crippen LogP contribution in [0.25, 0.3) is 0 Å². The van der Waals surface area contributed by atoms with Gasteiger partial charge in [-0.25, -0.2) is 0 Å². The quantitative estimate of drug-likeness (QED) is 0.464. The summed E-state index contributed by atoms with van der Waals surface area (Å²) in [5, 5.41) is 0. The first-order valence-electron chi connectivity index (χ1n) is 5.61. The minimum absolute atomic E-state index is 0.392. The molecule has 1 saturated heterocycles. The molecule has 3 atom stereocenters. The molecule has 0 spiro atoms. The summed E-state index contributed by atoms with van der Waals surface area (Å²) in [5.41, 5.74) is 1.25. The number of rotatable bonds is 6. The lowest BCUT2D eigenvalue weighted by Gasteiger charge is -1.97. The van der Waals surface area contributed by atoms with Crippen molar-refractivity contribution in [1.29, 1.82) is 0 Å². The first-order valence-corrected chi connectivity index (χ1v) is 5.61. The van der Waals surface area contributed by atoms with Gasteiger partial charge in [-0.05, 0) is 25.7 Å². The molecule has 1 heteroatoms. The van der Waals surface area contributed by atoms with Crippen LogP contribution in [0, 0.1) is 5.92 Å². The van der Waals surface area contributed by atoms with Crippen molar-refractivity contribution in [3.63, 3.8) is 0 Å². The Morgan fingerprint density at radius 1 is 1.57 bits per heavy atom. The zero-order chi connectivity index (χ0) is 10.6.